The third kappa shape index (κ3) is 4.70. The summed E-state index contributed by atoms with van der Waals surface area (Å²) in [5.41, 5.74) is 3.02. The van der Waals surface area contributed by atoms with Crippen molar-refractivity contribution in [3.05, 3.63) is 65.7 Å². The largest absolute Gasteiger partial charge is 0.494 e. The number of hydrogen-bond donors (Lipinski definition) is 1. The van der Waals surface area contributed by atoms with Crippen molar-refractivity contribution in [2.75, 3.05) is 13.2 Å². The minimum atomic E-state index is -0.804. The van der Waals surface area contributed by atoms with E-state index in [1.54, 1.807) is 11.3 Å². The van der Waals surface area contributed by atoms with E-state index in [1.807, 2.05) is 49.4 Å². The zero-order chi connectivity index (χ0) is 23.5. The van der Waals surface area contributed by atoms with Gasteiger partial charge in [-0.2, -0.15) is 0 Å². The van der Waals surface area contributed by atoms with Gasteiger partial charge >= 0.3 is 5.97 Å². The van der Waals surface area contributed by atoms with Crippen molar-refractivity contribution in [1.29, 1.82) is 0 Å². The van der Waals surface area contributed by atoms with Crippen LogP contribution >= 0.6 is 11.3 Å². The Balaban J connectivity index is 1.18. The Kier molecular flexibility index (Phi) is 6.36. The van der Waals surface area contributed by atoms with Crippen LogP contribution in [0.5, 0.6) is 11.5 Å². The van der Waals surface area contributed by atoms with Crippen LogP contribution in [0.3, 0.4) is 0 Å². The Hall–Kier alpha value is -3.58. The Bertz CT molecular complexity index is 1470. The summed E-state index contributed by atoms with van der Waals surface area (Å²) in [4.78, 5) is 15.7. The van der Waals surface area contributed by atoms with E-state index in [1.165, 1.54) is 4.70 Å². The number of para-hydroxylation sites is 1. The number of hydrogen-bond acceptors (Lipinski definition) is 5. The zero-order valence-electron chi connectivity index (χ0n) is 19.0. The number of aryl methyl sites for hydroxylation is 2. The molecule has 174 valence electrons. The molecule has 0 aliphatic rings. The Labute approximate surface area is 201 Å². The molecule has 34 heavy (non-hydrogen) atoms. The highest BCUT2D eigenvalue weighted by molar-refractivity contribution is 7.18. The van der Waals surface area contributed by atoms with Gasteiger partial charge in [0.2, 0.25) is 0 Å². The van der Waals surface area contributed by atoms with Crippen molar-refractivity contribution >= 4 is 49.3 Å². The number of carboxylic acids is 1. The first-order chi connectivity index (χ1) is 16.6. The smallest absolute Gasteiger partial charge is 0.305 e. The van der Waals surface area contributed by atoms with Crippen LogP contribution < -0.4 is 9.47 Å². The zero-order valence-corrected chi connectivity index (χ0v) is 19.8. The number of benzene rings is 3. The van der Waals surface area contributed by atoms with E-state index in [0.29, 0.717) is 19.8 Å². The number of rotatable bonds is 10. The van der Waals surface area contributed by atoms with Gasteiger partial charge in [0.15, 0.2) is 0 Å². The molecule has 0 aliphatic carbocycles. The van der Waals surface area contributed by atoms with Gasteiger partial charge in [0.1, 0.15) is 11.5 Å². The monoisotopic (exact) mass is 474 g/mol. The molecule has 0 fully saturated rings. The van der Waals surface area contributed by atoms with E-state index in [2.05, 4.69) is 27.8 Å². The standard InChI is InChI=1S/C27H26N2O4S/c1-18-28-23-16-19(9-11-26(23)34-18)32-14-4-5-15-33-20-8-10-22-21-6-2-3-7-24(21)29(25(22)17-20)13-12-27(30)31/h2-3,6-11,16-17H,4-5,12-15H2,1H3,(H,30,31). The van der Waals surface area contributed by atoms with E-state index in [0.717, 1.165) is 56.7 Å². The number of aromatic nitrogens is 2. The van der Waals surface area contributed by atoms with Crippen molar-refractivity contribution in [2.24, 2.45) is 0 Å². The van der Waals surface area contributed by atoms with E-state index in [9.17, 15) is 4.79 Å². The van der Waals surface area contributed by atoms with Crippen LogP contribution in [0.4, 0.5) is 0 Å². The summed E-state index contributed by atoms with van der Waals surface area (Å²) in [6.07, 6.45) is 1.83. The van der Waals surface area contributed by atoms with Crippen molar-refractivity contribution in [3.8, 4) is 11.5 Å². The van der Waals surface area contributed by atoms with E-state index in [4.69, 9.17) is 14.6 Å². The lowest BCUT2D eigenvalue weighted by atomic mass is 10.1. The SMILES string of the molecule is Cc1nc2cc(OCCCCOc3ccc4c5ccccc5n(CCC(=O)O)c4c3)ccc2s1. The lowest BCUT2D eigenvalue weighted by molar-refractivity contribution is -0.137. The number of carbonyl (C=O) groups is 1. The summed E-state index contributed by atoms with van der Waals surface area (Å²) in [5, 5.41) is 12.5. The highest BCUT2D eigenvalue weighted by Crippen LogP contribution is 2.32. The number of thiazole rings is 1. The molecule has 0 saturated heterocycles. The first kappa shape index (κ1) is 22.2. The fourth-order valence-electron chi connectivity index (χ4n) is 4.26. The summed E-state index contributed by atoms with van der Waals surface area (Å²) in [5.74, 6) is 0.831. The molecule has 1 N–H and O–H groups in total. The predicted molar refractivity (Wildman–Crippen MR) is 136 cm³/mol. The molecule has 0 aliphatic heterocycles. The maximum Gasteiger partial charge on any atom is 0.305 e. The first-order valence-corrected chi connectivity index (χ1v) is 12.3. The van der Waals surface area contributed by atoms with Crippen LogP contribution in [-0.4, -0.2) is 33.8 Å². The highest BCUT2D eigenvalue weighted by atomic mass is 32.1. The second-order valence-corrected chi connectivity index (χ2v) is 9.49. The second kappa shape index (κ2) is 9.73. The Morgan fingerprint density at radius 2 is 1.65 bits per heavy atom. The molecule has 3 aromatic carbocycles. The van der Waals surface area contributed by atoms with Gasteiger partial charge in [-0.05, 0) is 50.1 Å². The van der Waals surface area contributed by atoms with Gasteiger partial charge in [-0.3, -0.25) is 4.79 Å². The van der Waals surface area contributed by atoms with Crippen LogP contribution in [0, 0.1) is 6.92 Å². The van der Waals surface area contributed by atoms with Crippen molar-refractivity contribution in [3.63, 3.8) is 0 Å². The van der Waals surface area contributed by atoms with Gasteiger partial charge in [0.25, 0.3) is 0 Å². The molecule has 0 bridgehead atoms. The van der Waals surface area contributed by atoms with Crippen molar-refractivity contribution in [1.82, 2.24) is 9.55 Å². The molecule has 6 nitrogen and oxygen atoms in total. The molecule has 0 amide bonds. The molecular weight excluding hydrogens is 448 g/mol. The normalized spacial score (nSPS) is 11.4. The fraction of sp³-hybridized carbons (Fsp3) is 0.259. The molecule has 0 radical (unpaired) electrons. The first-order valence-electron chi connectivity index (χ1n) is 11.4. The summed E-state index contributed by atoms with van der Waals surface area (Å²) >= 11 is 1.69. The lowest BCUT2D eigenvalue weighted by Gasteiger charge is -2.09. The number of carboxylic acid groups (broad SMARTS) is 1. The maximum absolute atomic E-state index is 11.2. The molecule has 2 heterocycles. The number of fused-ring (bicyclic) bond motifs is 4. The van der Waals surface area contributed by atoms with Gasteiger partial charge in [-0.25, -0.2) is 4.98 Å². The van der Waals surface area contributed by atoms with Crippen LogP contribution in [0.1, 0.15) is 24.3 Å². The van der Waals surface area contributed by atoms with Crippen LogP contribution in [0.2, 0.25) is 0 Å². The van der Waals surface area contributed by atoms with Gasteiger partial charge in [0.05, 0.1) is 40.4 Å². The van der Waals surface area contributed by atoms with Crippen molar-refractivity contribution < 1.29 is 19.4 Å². The van der Waals surface area contributed by atoms with Crippen molar-refractivity contribution in [2.45, 2.75) is 32.7 Å². The lowest BCUT2D eigenvalue weighted by Crippen LogP contribution is -2.05. The molecule has 5 rings (SSSR count). The molecule has 2 aromatic heterocycles. The van der Waals surface area contributed by atoms with Gasteiger partial charge in [0, 0.05) is 35.0 Å². The quantitative estimate of drug-likeness (QED) is 0.236. The summed E-state index contributed by atoms with van der Waals surface area (Å²) in [7, 11) is 0. The fourth-order valence-corrected chi connectivity index (χ4v) is 5.07. The Morgan fingerprint density at radius 3 is 2.44 bits per heavy atom. The van der Waals surface area contributed by atoms with Crippen LogP contribution in [-0.2, 0) is 11.3 Å². The average Bonchev–Trinajstić information content (AvgIpc) is 3.35. The molecule has 0 saturated carbocycles. The summed E-state index contributed by atoms with van der Waals surface area (Å²) in [6, 6.07) is 20.2. The van der Waals surface area contributed by atoms with Crippen LogP contribution in [0.15, 0.2) is 60.7 Å². The van der Waals surface area contributed by atoms with Gasteiger partial charge in [-0.15, -0.1) is 11.3 Å². The molecule has 7 heteroatoms. The molecule has 0 unspecified atom stereocenters. The molecule has 0 spiro atoms. The highest BCUT2D eigenvalue weighted by Gasteiger charge is 2.12. The average molecular weight is 475 g/mol. The predicted octanol–water partition coefficient (Wildman–Crippen LogP) is 6.43. The van der Waals surface area contributed by atoms with Gasteiger partial charge in [-0.1, -0.05) is 18.2 Å². The van der Waals surface area contributed by atoms with Crippen LogP contribution in [0.25, 0.3) is 32.0 Å². The minimum Gasteiger partial charge on any atom is -0.494 e. The summed E-state index contributed by atoms with van der Waals surface area (Å²) in [6.45, 7) is 3.65. The van der Waals surface area contributed by atoms with E-state index < -0.39 is 5.97 Å². The molecular formula is C27H26N2O4S. The number of nitrogens with zero attached hydrogens (tertiary/aromatic N) is 2. The minimum absolute atomic E-state index is 0.0773. The maximum atomic E-state index is 11.2. The second-order valence-electron chi connectivity index (χ2n) is 8.26. The third-order valence-electron chi connectivity index (χ3n) is 5.84. The van der Waals surface area contributed by atoms with E-state index >= 15 is 0 Å². The van der Waals surface area contributed by atoms with Gasteiger partial charge < -0.3 is 19.1 Å². The topological polar surface area (TPSA) is 73.6 Å². The molecule has 0 atom stereocenters. The van der Waals surface area contributed by atoms with E-state index in [-0.39, 0.29) is 6.42 Å². The number of unbranched alkanes of at least 4 members (excludes halogenated alkanes) is 1. The third-order valence-corrected chi connectivity index (χ3v) is 6.79. The number of aliphatic carboxylic acids is 1. The summed E-state index contributed by atoms with van der Waals surface area (Å²) < 4.78 is 15.1. The molecule has 5 aromatic rings. The Morgan fingerprint density at radius 1 is 0.941 bits per heavy atom. The number of ether oxygens (including phenoxy) is 2.